The van der Waals surface area contributed by atoms with Crippen molar-refractivity contribution in [2.24, 2.45) is 5.92 Å². The minimum absolute atomic E-state index is 0.0683. The van der Waals surface area contributed by atoms with Crippen molar-refractivity contribution in [1.29, 1.82) is 0 Å². The summed E-state index contributed by atoms with van der Waals surface area (Å²) in [7, 11) is 0. The molecular formula is C14H16ClF2NO. The third kappa shape index (κ3) is 3.44. The monoisotopic (exact) mass is 287 g/mol. The summed E-state index contributed by atoms with van der Waals surface area (Å²) in [6, 6.07) is 3.61. The van der Waals surface area contributed by atoms with Crippen LogP contribution in [0.15, 0.2) is 18.2 Å². The second kappa shape index (κ2) is 5.87. The topological polar surface area (TPSA) is 20.3 Å². The van der Waals surface area contributed by atoms with E-state index in [9.17, 15) is 13.6 Å². The number of alkyl halides is 1. The van der Waals surface area contributed by atoms with Crippen LogP contribution in [-0.4, -0.2) is 22.7 Å². The molecule has 1 atom stereocenters. The smallest absolute Gasteiger partial charge is 0.227 e. The van der Waals surface area contributed by atoms with Gasteiger partial charge >= 0.3 is 0 Å². The average Bonchev–Trinajstić information content (AvgIpc) is 3.20. The standard InChI is InChI=1S/C14H16ClF2NO/c1-9(7-15)14(19)18(12-4-5-12)8-10-2-3-11(16)6-13(10)17/h2-3,6,9,12H,4-5,7-8H2,1H3. The fourth-order valence-electron chi connectivity index (χ4n) is 1.96. The van der Waals surface area contributed by atoms with E-state index in [1.54, 1.807) is 11.8 Å². The van der Waals surface area contributed by atoms with E-state index in [1.165, 1.54) is 12.1 Å². The lowest BCUT2D eigenvalue weighted by Crippen LogP contribution is -2.37. The van der Waals surface area contributed by atoms with Crippen molar-refractivity contribution < 1.29 is 13.6 Å². The molecule has 1 saturated carbocycles. The Kier molecular flexibility index (Phi) is 4.40. The number of nitrogens with zero attached hydrogens (tertiary/aromatic N) is 1. The summed E-state index contributed by atoms with van der Waals surface area (Å²) in [5.41, 5.74) is 0.337. The minimum atomic E-state index is -0.614. The summed E-state index contributed by atoms with van der Waals surface area (Å²) in [4.78, 5) is 13.8. The fourth-order valence-corrected chi connectivity index (χ4v) is 2.09. The van der Waals surface area contributed by atoms with E-state index in [2.05, 4.69) is 0 Å². The van der Waals surface area contributed by atoms with Gasteiger partial charge in [-0.1, -0.05) is 13.0 Å². The number of amides is 1. The van der Waals surface area contributed by atoms with Gasteiger partial charge in [-0.05, 0) is 18.9 Å². The summed E-state index contributed by atoms with van der Waals surface area (Å²) < 4.78 is 26.5. The molecule has 104 valence electrons. The second-order valence-electron chi connectivity index (χ2n) is 4.99. The zero-order valence-corrected chi connectivity index (χ0v) is 11.5. The maximum absolute atomic E-state index is 13.6. The Morgan fingerprint density at radius 3 is 2.68 bits per heavy atom. The Bertz CT molecular complexity index is 477. The van der Waals surface area contributed by atoms with Crippen LogP contribution in [-0.2, 0) is 11.3 Å². The van der Waals surface area contributed by atoms with Gasteiger partial charge in [0.2, 0.25) is 5.91 Å². The third-order valence-electron chi connectivity index (χ3n) is 3.28. The van der Waals surface area contributed by atoms with Crippen molar-refractivity contribution in [3.05, 3.63) is 35.4 Å². The highest BCUT2D eigenvalue weighted by molar-refractivity contribution is 6.19. The molecule has 2 rings (SSSR count). The van der Waals surface area contributed by atoms with Gasteiger partial charge in [0.25, 0.3) is 0 Å². The SMILES string of the molecule is CC(CCl)C(=O)N(Cc1ccc(F)cc1F)C1CC1. The summed E-state index contributed by atoms with van der Waals surface area (Å²) in [6.45, 7) is 1.93. The fraction of sp³-hybridized carbons (Fsp3) is 0.500. The minimum Gasteiger partial charge on any atom is -0.335 e. The molecule has 0 spiro atoms. The van der Waals surface area contributed by atoms with Gasteiger partial charge in [-0.25, -0.2) is 8.78 Å². The van der Waals surface area contributed by atoms with E-state index in [1.807, 2.05) is 0 Å². The van der Waals surface area contributed by atoms with Crippen LogP contribution in [0.5, 0.6) is 0 Å². The lowest BCUT2D eigenvalue weighted by molar-refractivity contribution is -0.135. The average molecular weight is 288 g/mol. The van der Waals surface area contributed by atoms with Crippen LogP contribution in [0.25, 0.3) is 0 Å². The van der Waals surface area contributed by atoms with Crippen LogP contribution in [0.4, 0.5) is 8.78 Å². The van der Waals surface area contributed by atoms with Crippen molar-refractivity contribution in [2.45, 2.75) is 32.4 Å². The van der Waals surface area contributed by atoms with E-state index < -0.39 is 11.6 Å². The van der Waals surface area contributed by atoms with Gasteiger partial charge in [0.05, 0.1) is 0 Å². The van der Waals surface area contributed by atoms with Gasteiger partial charge in [-0.15, -0.1) is 11.6 Å². The molecule has 1 aliphatic carbocycles. The third-order valence-corrected chi connectivity index (χ3v) is 3.74. The van der Waals surface area contributed by atoms with E-state index in [4.69, 9.17) is 11.6 Å². The molecule has 0 aliphatic heterocycles. The Hall–Kier alpha value is -1.16. The molecular weight excluding hydrogens is 272 g/mol. The number of carbonyl (C=O) groups excluding carboxylic acids is 1. The van der Waals surface area contributed by atoms with E-state index in [0.717, 1.165) is 18.9 Å². The van der Waals surface area contributed by atoms with Crippen molar-refractivity contribution >= 4 is 17.5 Å². The van der Waals surface area contributed by atoms with Crippen LogP contribution in [0.1, 0.15) is 25.3 Å². The van der Waals surface area contributed by atoms with E-state index in [0.29, 0.717) is 5.56 Å². The first kappa shape index (κ1) is 14.3. The summed E-state index contributed by atoms with van der Waals surface area (Å²) >= 11 is 5.70. The first-order valence-electron chi connectivity index (χ1n) is 6.33. The molecule has 1 amide bonds. The second-order valence-corrected chi connectivity index (χ2v) is 5.30. The van der Waals surface area contributed by atoms with Crippen LogP contribution in [0.2, 0.25) is 0 Å². The van der Waals surface area contributed by atoms with Crippen LogP contribution in [0, 0.1) is 17.6 Å². The van der Waals surface area contributed by atoms with Crippen molar-refractivity contribution in [3.63, 3.8) is 0 Å². The maximum atomic E-state index is 13.6. The number of rotatable bonds is 5. The zero-order valence-electron chi connectivity index (χ0n) is 10.7. The van der Waals surface area contributed by atoms with Crippen LogP contribution >= 0.6 is 11.6 Å². The largest absolute Gasteiger partial charge is 0.335 e. The molecule has 1 aromatic rings. The highest BCUT2D eigenvalue weighted by Crippen LogP contribution is 2.30. The normalized spacial score (nSPS) is 16.2. The molecule has 0 saturated heterocycles. The number of hydrogen-bond acceptors (Lipinski definition) is 1. The molecule has 0 N–H and O–H groups in total. The predicted octanol–water partition coefficient (Wildman–Crippen LogP) is 3.33. The summed E-state index contributed by atoms with van der Waals surface area (Å²) in [5, 5.41) is 0. The van der Waals surface area contributed by atoms with Gasteiger partial charge in [-0.3, -0.25) is 4.79 Å². The molecule has 2 nitrogen and oxygen atoms in total. The highest BCUT2D eigenvalue weighted by atomic mass is 35.5. The molecule has 0 aromatic heterocycles. The van der Waals surface area contributed by atoms with E-state index in [-0.39, 0.29) is 30.3 Å². The van der Waals surface area contributed by atoms with E-state index >= 15 is 0 Å². The van der Waals surface area contributed by atoms with Crippen LogP contribution < -0.4 is 0 Å². The first-order valence-corrected chi connectivity index (χ1v) is 6.86. The Morgan fingerprint density at radius 2 is 2.16 bits per heavy atom. The number of carbonyl (C=O) groups is 1. The van der Waals surface area contributed by atoms with Crippen molar-refractivity contribution in [3.8, 4) is 0 Å². The molecule has 1 unspecified atom stereocenters. The van der Waals surface area contributed by atoms with Gasteiger partial charge in [0, 0.05) is 36.0 Å². The van der Waals surface area contributed by atoms with Crippen LogP contribution in [0.3, 0.4) is 0 Å². The molecule has 5 heteroatoms. The molecule has 1 aliphatic rings. The first-order chi connectivity index (χ1) is 9.02. The molecule has 1 fully saturated rings. The van der Waals surface area contributed by atoms with Gasteiger partial charge in [0.1, 0.15) is 11.6 Å². The zero-order chi connectivity index (χ0) is 14.0. The lowest BCUT2D eigenvalue weighted by atomic mass is 10.1. The molecule has 0 bridgehead atoms. The molecule has 0 radical (unpaired) electrons. The summed E-state index contributed by atoms with van der Waals surface area (Å²) in [6.07, 6.45) is 1.87. The highest BCUT2D eigenvalue weighted by Gasteiger charge is 2.34. The Balaban J connectivity index is 2.14. The predicted molar refractivity (Wildman–Crippen MR) is 69.8 cm³/mol. The summed E-state index contributed by atoms with van der Waals surface area (Å²) in [5.74, 6) is -1.34. The lowest BCUT2D eigenvalue weighted by Gasteiger charge is -2.25. The molecule has 19 heavy (non-hydrogen) atoms. The quantitative estimate of drug-likeness (QED) is 0.761. The Labute approximate surface area is 116 Å². The molecule has 1 aromatic carbocycles. The van der Waals surface area contributed by atoms with Gasteiger partial charge < -0.3 is 4.90 Å². The molecule has 0 heterocycles. The number of halogens is 3. The van der Waals surface area contributed by atoms with Crippen molar-refractivity contribution in [1.82, 2.24) is 4.90 Å². The van der Waals surface area contributed by atoms with Crippen molar-refractivity contribution in [2.75, 3.05) is 5.88 Å². The number of hydrogen-bond donors (Lipinski definition) is 0. The van der Waals surface area contributed by atoms with Gasteiger partial charge in [-0.2, -0.15) is 0 Å². The Morgan fingerprint density at radius 1 is 1.47 bits per heavy atom. The number of benzene rings is 1. The van der Waals surface area contributed by atoms with Gasteiger partial charge in [0.15, 0.2) is 0 Å². The maximum Gasteiger partial charge on any atom is 0.227 e.